The predicted molar refractivity (Wildman–Crippen MR) is 166 cm³/mol. The number of benzene rings is 5. The molecular formula is C35H22Br2. The van der Waals surface area contributed by atoms with Crippen LogP contribution in [0.4, 0.5) is 0 Å². The van der Waals surface area contributed by atoms with Gasteiger partial charge in [0.2, 0.25) is 0 Å². The molecule has 37 heavy (non-hydrogen) atoms. The SMILES string of the molecule is CC1/C2=C\C=C/Cc3ccccc3/C=C\1c1c2c(Br)c2cc3c(cc2c1Br)-c1cccc2cccc-3c12. The molecule has 3 aliphatic carbocycles. The van der Waals surface area contributed by atoms with Gasteiger partial charge in [0.15, 0.2) is 0 Å². The largest absolute Gasteiger partial charge is 0.0801 e. The van der Waals surface area contributed by atoms with Gasteiger partial charge in [-0.2, -0.15) is 0 Å². The van der Waals surface area contributed by atoms with Crippen LogP contribution in [-0.2, 0) is 6.42 Å². The highest BCUT2D eigenvalue weighted by atomic mass is 79.9. The Balaban J connectivity index is 1.48. The molecule has 2 bridgehead atoms. The summed E-state index contributed by atoms with van der Waals surface area (Å²) in [5.41, 5.74) is 13.4. The Morgan fingerprint density at radius 2 is 1.35 bits per heavy atom. The van der Waals surface area contributed by atoms with E-state index in [9.17, 15) is 0 Å². The van der Waals surface area contributed by atoms with Gasteiger partial charge in [0.1, 0.15) is 0 Å². The summed E-state index contributed by atoms with van der Waals surface area (Å²) in [7, 11) is 0. The maximum Gasteiger partial charge on any atom is 0.0336 e. The van der Waals surface area contributed by atoms with Gasteiger partial charge < -0.3 is 0 Å². The summed E-state index contributed by atoms with van der Waals surface area (Å²) >= 11 is 8.25. The molecule has 1 atom stereocenters. The van der Waals surface area contributed by atoms with E-state index < -0.39 is 0 Å². The van der Waals surface area contributed by atoms with E-state index in [2.05, 4.69) is 136 Å². The Labute approximate surface area is 233 Å². The van der Waals surface area contributed by atoms with E-state index in [1.165, 1.54) is 86.1 Å². The van der Waals surface area contributed by atoms with Crippen molar-refractivity contribution in [1.82, 2.24) is 0 Å². The summed E-state index contributed by atoms with van der Waals surface area (Å²) in [6.07, 6.45) is 10.2. The molecule has 0 saturated carbocycles. The quantitative estimate of drug-likeness (QED) is 0.162. The first kappa shape index (κ1) is 21.8. The average molecular weight is 602 g/mol. The van der Waals surface area contributed by atoms with Crippen molar-refractivity contribution in [2.45, 2.75) is 13.3 Å². The lowest BCUT2D eigenvalue weighted by molar-refractivity contribution is 1.02. The molecule has 0 amide bonds. The van der Waals surface area contributed by atoms with Crippen molar-refractivity contribution in [3.63, 3.8) is 0 Å². The van der Waals surface area contributed by atoms with Crippen LogP contribution in [0.25, 0.3) is 61.0 Å². The van der Waals surface area contributed by atoms with Gasteiger partial charge in [-0.05, 0) is 116 Å². The highest BCUT2D eigenvalue weighted by Crippen LogP contribution is 2.57. The van der Waals surface area contributed by atoms with Crippen molar-refractivity contribution < 1.29 is 0 Å². The predicted octanol–water partition coefficient (Wildman–Crippen LogP) is 10.9. The zero-order valence-corrected chi connectivity index (χ0v) is 23.4. The Bertz CT molecular complexity index is 1930. The number of hydrogen-bond donors (Lipinski definition) is 0. The van der Waals surface area contributed by atoms with Crippen LogP contribution in [0.3, 0.4) is 0 Å². The number of hydrogen-bond acceptors (Lipinski definition) is 0. The van der Waals surface area contributed by atoms with Crippen molar-refractivity contribution in [3.8, 4) is 22.3 Å². The monoisotopic (exact) mass is 600 g/mol. The fourth-order valence-corrected chi connectivity index (χ4v) is 8.16. The first-order valence-corrected chi connectivity index (χ1v) is 14.4. The summed E-state index contributed by atoms with van der Waals surface area (Å²) in [6, 6.07) is 26.9. The van der Waals surface area contributed by atoms with Crippen LogP contribution in [0, 0.1) is 5.92 Å². The van der Waals surface area contributed by atoms with Gasteiger partial charge in [-0.3, -0.25) is 0 Å². The molecule has 3 aliphatic rings. The molecule has 0 fully saturated rings. The van der Waals surface area contributed by atoms with Crippen LogP contribution < -0.4 is 0 Å². The molecule has 0 saturated heterocycles. The number of fused-ring (bicyclic) bond motifs is 10. The molecule has 2 heteroatoms. The molecular weight excluding hydrogens is 580 g/mol. The zero-order valence-electron chi connectivity index (χ0n) is 20.3. The number of rotatable bonds is 0. The van der Waals surface area contributed by atoms with E-state index in [4.69, 9.17) is 0 Å². The molecule has 5 aromatic carbocycles. The lowest BCUT2D eigenvalue weighted by atomic mass is 9.93. The van der Waals surface area contributed by atoms with E-state index in [0.717, 1.165) is 6.42 Å². The average Bonchev–Trinajstić information content (AvgIpc) is 3.37. The van der Waals surface area contributed by atoms with Gasteiger partial charge in [-0.15, -0.1) is 0 Å². The van der Waals surface area contributed by atoms with E-state index in [1.807, 2.05) is 0 Å². The topological polar surface area (TPSA) is 0 Å². The molecule has 0 radical (unpaired) electrons. The third-order valence-corrected chi connectivity index (χ3v) is 10.1. The summed E-state index contributed by atoms with van der Waals surface area (Å²) in [5, 5.41) is 5.19. The Morgan fingerprint density at radius 3 is 2.05 bits per heavy atom. The summed E-state index contributed by atoms with van der Waals surface area (Å²) in [4.78, 5) is 0. The lowest BCUT2D eigenvalue weighted by Crippen LogP contribution is -1.94. The van der Waals surface area contributed by atoms with Gasteiger partial charge in [0, 0.05) is 26.0 Å². The minimum absolute atomic E-state index is 0.302. The van der Waals surface area contributed by atoms with Crippen LogP contribution in [0.1, 0.15) is 29.2 Å². The fourth-order valence-electron chi connectivity index (χ4n) is 6.65. The molecule has 176 valence electrons. The van der Waals surface area contributed by atoms with Gasteiger partial charge in [-0.25, -0.2) is 0 Å². The van der Waals surface area contributed by atoms with Crippen molar-refractivity contribution in [2.24, 2.45) is 5.92 Å². The number of halogens is 2. The van der Waals surface area contributed by atoms with E-state index in [0.29, 0.717) is 5.92 Å². The molecule has 0 spiro atoms. The standard InChI is InChI=1S/C35H22Br2/c1-19-23-13-5-4-9-20-8-2-3-10-22(20)16-26(19)33-32(23)34(36)29-17-27-24-14-6-11-21-12-7-15-25(31(21)24)28(27)18-30(29)35(33)37/h2-8,10-19H,9H2,1H3/b5-4-,23-13+,26-16+. The van der Waals surface area contributed by atoms with E-state index >= 15 is 0 Å². The first-order valence-electron chi connectivity index (χ1n) is 12.8. The lowest BCUT2D eigenvalue weighted by Gasteiger charge is -2.15. The number of allylic oxidation sites excluding steroid dienone is 5. The molecule has 8 rings (SSSR count). The summed E-state index contributed by atoms with van der Waals surface area (Å²) in [6.45, 7) is 2.34. The molecule has 0 aliphatic heterocycles. The maximum atomic E-state index is 4.13. The van der Waals surface area contributed by atoms with E-state index in [-0.39, 0.29) is 0 Å². The Hall–Kier alpha value is -3.20. The van der Waals surface area contributed by atoms with Gasteiger partial charge in [0.25, 0.3) is 0 Å². The minimum atomic E-state index is 0.302. The van der Waals surface area contributed by atoms with Crippen molar-refractivity contribution in [3.05, 3.63) is 122 Å². The van der Waals surface area contributed by atoms with Gasteiger partial charge in [0.05, 0.1) is 0 Å². The van der Waals surface area contributed by atoms with Crippen LogP contribution in [-0.4, -0.2) is 0 Å². The highest BCUT2D eigenvalue weighted by molar-refractivity contribution is 9.11. The molecule has 0 heterocycles. The molecule has 5 aromatic rings. The highest BCUT2D eigenvalue weighted by Gasteiger charge is 2.35. The minimum Gasteiger partial charge on any atom is -0.0801 e. The second kappa shape index (κ2) is 7.90. The van der Waals surface area contributed by atoms with Gasteiger partial charge in [-0.1, -0.05) is 91.9 Å². The Morgan fingerprint density at radius 1 is 0.703 bits per heavy atom. The summed E-state index contributed by atoms with van der Waals surface area (Å²) < 4.78 is 2.38. The van der Waals surface area contributed by atoms with Crippen molar-refractivity contribution >= 4 is 70.6 Å². The van der Waals surface area contributed by atoms with Crippen LogP contribution >= 0.6 is 31.9 Å². The molecule has 0 nitrogen and oxygen atoms in total. The normalized spacial score (nSPS) is 20.6. The smallest absolute Gasteiger partial charge is 0.0336 e. The third-order valence-electron chi connectivity index (χ3n) is 8.43. The van der Waals surface area contributed by atoms with Crippen molar-refractivity contribution in [1.29, 1.82) is 0 Å². The first-order chi connectivity index (χ1) is 18.1. The second-order valence-corrected chi connectivity index (χ2v) is 11.9. The fraction of sp³-hybridized carbons (Fsp3) is 0.0857. The molecule has 0 N–H and O–H groups in total. The molecule has 1 unspecified atom stereocenters. The van der Waals surface area contributed by atoms with Crippen LogP contribution in [0.15, 0.2) is 100.0 Å². The Kier molecular flexibility index (Phi) is 4.66. The third kappa shape index (κ3) is 2.94. The van der Waals surface area contributed by atoms with Gasteiger partial charge >= 0.3 is 0 Å². The van der Waals surface area contributed by atoms with Crippen LogP contribution in [0.2, 0.25) is 0 Å². The molecule has 0 aromatic heterocycles. The maximum absolute atomic E-state index is 4.13. The summed E-state index contributed by atoms with van der Waals surface area (Å²) in [5.74, 6) is 0.302. The second-order valence-electron chi connectivity index (χ2n) is 10.3. The van der Waals surface area contributed by atoms with E-state index in [1.54, 1.807) is 0 Å². The zero-order chi connectivity index (χ0) is 24.8. The van der Waals surface area contributed by atoms with Crippen molar-refractivity contribution in [2.75, 3.05) is 0 Å². The van der Waals surface area contributed by atoms with Crippen LogP contribution in [0.5, 0.6) is 0 Å².